The summed E-state index contributed by atoms with van der Waals surface area (Å²) in [4.78, 5) is 26.4. The Morgan fingerprint density at radius 1 is 1.28 bits per heavy atom. The molecule has 1 aliphatic rings. The van der Waals surface area contributed by atoms with Crippen molar-refractivity contribution in [3.05, 3.63) is 69.1 Å². The lowest BCUT2D eigenvalue weighted by Gasteiger charge is -2.25. The van der Waals surface area contributed by atoms with Gasteiger partial charge in [0.1, 0.15) is 5.56 Å². The first-order valence-corrected chi connectivity index (χ1v) is 8.82. The third-order valence-corrected chi connectivity index (χ3v) is 4.54. The molecule has 1 heterocycles. The van der Waals surface area contributed by atoms with Crippen LogP contribution < -0.4 is 10.9 Å². The Balaban J connectivity index is 1.44. The van der Waals surface area contributed by atoms with E-state index in [4.69, 9.17) is 4.74 Å². The number of pyridine rings is 1. The van der Waals surface area contributed by atoms with Crippen molar-refractivity contribution in [1.29, 1.82) is 0 Å². The number of hydrogen-bond donors (Lipinski definition) is 2. The molecule has 1 aromatic carbocycles. The molecule has 0 aliphatic heterocycles. The lowest BCUT2D eigenvalue weighted by molar-refractivity contribution is 0.0393. The SMILES string of the molecule is Cc1ccc(C(=O)NCCCO[C@H]2CCCc3ccccc32)c(=O)[nH]1. The number of nitrogens with one attached hydrogen (secondary N) is 2. The molecule has 1 amide bonds. The lowest BCUT2D eigenvalue weighted by atomic mass is 9.89. The number of fused-ring (bicyclic) bond motifs is 1. The van der Waals surface area contributed by atoms with Crippen LogP contribution in [0.25, 0.3) is 0 Å². The van der Waals surface area contributed by atoms with Crippen molar-refractivity contribution in [2.24, 2.45) is 0 Å². The number of carbonyl (C=O) groups is 1. The van der Waals surface area contributed by atoms with Gasteiger partial charge < -0.3 is 15.0 Å². The van der Waals surface area contributed by atoms with Crippen LogP contribution >= 0.6 is 0 Å². The van der Waals surface area contributed by atoms with E-state index in [0.717, 1.165) is 25.0 Å². The van der Waals surface area contributed by atoms with Gasteiger partial charge in [-0.15, -0.1) is 0 Å². The summed E-state index contributed by atoms with van der Waals surface area (Å²) < 4.78 is 6.02. The summed E-state index contributed by atoms with van der Waals surface area (Å²) in [6, 6.07) is 11.7. The van der Waals surface area contributed by atoms with Gasteiger partial charge in [0.05, 0.1) is 6.10 Å². The maximum atomic E-state index is 12.0. The molecule has 25 heavy (non-hydrogen) atoms. The highest BCUT2D eigenvalue weighted by Crippen LogP contribution is 2.32. The second-order valence-corrected chi connectivity index (χ2v) is 6.44. The molecule has 5 heteroatoms. The van der Waals surface area contributed by atoms with E-state index in [1.54, 1.807) is 19.1 Å². The van der Waals surface area contributed by atoms with Crippen LogP contribution in [0.2, 0.25) is 0 Å². The number of ether oxygens (including phenoxy) is 1. The molecule has 0 spiro atoms. The predicted molar refractivity (Wildman–Crippen MR) is 96.8 cm³/mol. The van der Waals surface area contributed by atoms with Gasteiger partial charge >= 0.3 is 0 Å². The number of rotatable bonds is 6. The van der Waals surface area contributed by atoms with E-state index in [9.17, 15) is 9.59 Å². The van der Waals surface area contributed by atoms with E-state index in [2.05, 4.69) is 34.6 Å². The fraction of sp³-hybridized carbons (Fsp3) is 0.400. The minimum absolute atomic E-state index is 0.146. The van der Waals surface area contributed by atoms with Gasteiger partial charge in [0, 0.05) is 18.8 Å². The summed E-state index contributed by atoms with van der Waals surface area (Å²) in [5.41, 5.74) is 3.21. The second kappa shape index (κ2) is 8.12. The van der Waals surface area contributed by atoms with E-state index >= 15 is 0 Å². The molecule has 0 saturated carbocycles. The average Bonchev–Trinajstić information content (AvgIpc) is 2.61. The normalized spacial score (nSPS) is 16.3. The largest absolute Gasteiger partial charge is 0.373 e. The summed E-state index contributed by atoms with van der Waals surface area (Å²) in [5.74, 6) is -0.343. The zero-order chi connectivity index (χ0) is 17.6. The number of aromatic nitrogens is 1. The number of hydrogen-bond acceptors (Lipinski definition) is 3. The number of H-pyrrole nitrogens is 1. The summed E-state index contributed by atoms with van der Waals surface area (Å²) >= 11 is 0. The van der Waals surface area contributed by atoms with E-state index in [-0.39, 0.29) is 23.1 Å². The molecule has 132 valence electrons. The van der Waals surface area contributed by atoms with Crippen LogP contribution in [0.5, 0.6) is 0 Å². The smallest absolute Gasteiger partial charge is 0.260 e. The van der Waals surface area contributed by atoms with Gasteiger partial charge in [-0.3, -0.25) is 9.59 Å². The van der Waals surface area contributed by atoms with Crippen molar-refractivity contribution in [1.82, 2.24) is 10.3 Å². The first-order chi connectivity index (χ1) is 12.1. The van der Waals surface area contributed by atoms with Gasteiger partial charge in [-0.2, -0.15) is 0 Å². The van der Waals surface area contributed by atoms with Gasteiger partial charge in [-0.05, 0) is 55.9 Å². The Morgan fingerprint density at radius 2 is 2.12 bits per heavy atom. The van der Waals surface area contributed by atoms with Crippen LogP contribution in [0.1, 0.15) is 52.5 Å². The van der Waals surface area contributed by atoms with E-state index < -0.39 is 0 Å². The molecule has 0 saturated heterocycles. The number of amides is 1. The molecule has 5 nitrogen and oxygen atoms in total. The molecular formula is C20H24N2O3. The fourth-order valence-corrected chi connectivity index (χ4v) is 3.23. The predicted octanol–water partition coefficient (Wildman–Crippen LogP) is 2.90. The molecule has 1 atom stereocenters. The van der Waals surface area contributed by atoms with Crippen LogP contribution in [0.4, 0.5) is 0 Å². The zero-order valence-corrected chi connectivity index (χ0v) is 14.5. The third kappa shape index (κ3) is 4.37. The van der Waals surface area contributed by atoms with Crippen LogP contribution in [0.15, 0.2) is 41.2 Å². The lowest BCUT2D eigenvalue weighted by Crippen LogP contribution is -2.31. The summed E-state index contributed by atoms with van der Waals surface area (Å²) in [6.45, 7) is 2.86. The van der Waals surface area contributed by atoms with Crippen LogP contribution in [-0.4, -0.2) is 24.0 Å². The maximum Gasteiger partial charge on any atom is 0.260 e. The Hall–Kier alpha value is -2.40. The standard InChI is InChI=1S/C20H24N2O3/c1-14-10-11-17(20(24)22-14)19(23)21-12-5-13-25-18-9-4-7-15-6-2-3-8-16(15)18/h2-3,6,8,10-11,18H,4-5,7,9,12-13H2,1H3,(H,21,23)(H,22,24)/t18-/m0/s1. The quantitative estimate of drug-likeness (QED) is 0.794. The van der Waals surface area contributed by atoms with Gasteiger partial charge in [-0.25, -0.2) is 0 Å². The Kier molecular flexibility index (Phi) is 5.66. The van der Waals surface area contributed by atoms with Crippen molar-refractivity contribution in [3.8, 4) is 0 Å². The molecular weight excluding hydrogens is 316 g/mol. The van der Waals surface area contributed by atoms with E-state index in [0.29, 0.717) is 19.6 Å². The number of carbonyl (C=O) groups excluding carboxylic acids is 1. The molecule has 3 rings (SSSR count). The summed E-state index contributed by atoms with van der Waals surface area (Å²) in [6.07, 6.45) is 4.18. The number of aryl methyl sites for hydroxylation is 2. The molecule has 1 aliphatic carbocycles. The number of benzene rings is 1. The topological polar surface area (TPSA) is 71.2 Å². The highest BCUT2D eigenvalue weighted by atomic mass is 16.5. The molecule has 2 aromatic rings. The van der Waals surface area contributed by atoms with Crippen molar-refractivity contribution in [2.45, 2.75) is 38.7 Å². The van der Waals surface area contributed by atoms with Gasteiger partial charge in [0.15, 0.2) is 0 Å². The van der Waals surface area contributed by atoms with Crippen LogP contribution in [0.3, 0.4) is 0 Å². The monoisotopic (exact) mass is 340 g/mol. The molecule has 0 radical (unpaired) electrons. The summed E-state index contributed by atoms with van der Waals surface area (Å²) in [7, 11) is 0. The van der Waals surface area contributed by atoms with Crippen molar-refractivity contribution < 1.29 is 9.53 Å². The first-order valence-electron chi connectivity index (χ1n) is 8.82. The fourth-order valence-electron chi connectivity index (χ4n) is 3.23. The maximum absolute atomic E-state index is 12.0. The highest BCUT2D eigenvalue weighted by molar-refractivity contribution is 5.93. The van der Waals surface area contributed by atoms with E-state index in [1.165, 1.54) is 11.1 Å². The Labute approximate surface area is 147 Å². The summed E-state index contributed by atoms with van der Waals surface area (Å²) in [5, 5.41) is 2.78. The molecule has 0 unspecified atom stereocenters. The van der Waals surface area contributed by atoms with Gasteiger partial charge in [-0.1, -0.05) is 24.3 Å². The highest BCUT2D eigenvalue weighted by Gasteiger charge is 2.19. The average molecular weight is 340 g/mol. The molecule has 2 N–H and O–H groups in total. The van der Waals surface area contributed by atoms with Gasteiger partial charge in [0.2, 0.25) is 0 Å². The van der Waals surface area contributed by atoms with E-state index in [1.807, 2.05) is 0 Å². The second-order valence-electron chi connectivity index (χ2n) is 6.44. The Bertz CT molecular complexity index is 798. The van der Waals surface area contributed by atoms with Crippen molar-refractivity contribution >= 4 is 5.91 Å². The van der Waals surface area contributed by atoms with Gasteiger partial charge in [0.25, 0.3) is 11.5 Å². The minimum atomic E-state index is -0.354. The van der Waals surface area contributed by atoms with Crippen molar-refractivity contribution in [3.63, 3.8) is 0 Å². The molecule has 0 fully saturated rings. The Morgan fingerprint density at radius 3 is 2.96 bits per heavy atom. The first kappa shape index (κ1) is 17.4. The zero-order valence-electron chi connectivity index (χ0n) is 14.5. The van der Waals surface area contributed by atoms with Crippen molar-refractivity contribution in [2.75, 3.05) is 13.2 Å². The third-order valence-electron chi connectivity index (χ3n) is 4.54. The number of aromatic amines is 1. The minimum Gasteiger partial charge on any atom is -0.373 e. The molecule has 1 aromatic heterocycles. The van der Waals surface area contributed by atoms with Crippen LogP contribution in [-0.2, 0) is 11.2 Å². The molecule has 0 bridgehead atoms. The van der Waals surface area contributed by atoms with Crippen LogP contribution in [0, 0.1) is 6.92 Å².